The lowest BCUT2D eigenvalue weighted by molar-refractivity contribution is -0.137. The van der Waals surface area contributed by atoms with E-state index in [9.17, 15) is 13.2 Å². The lowest BCUT2D eigenvalue weighted by Crippen LogP contribution is -2.16. The van der Waals surface area contributed by atoms with Gasteiger partial charge in [0.15, 0.2) is 0 Å². The highest BCUT2D eigenvalue weighted by molar-refractivity contribution is 5.46. The van der Waals surface area contributed by atoms with E-state index in [0.717, 1.165) is 30.4 Å². The highest BCUT2D eigenvalue weighted by Crippen LogP contribution is 2.31. The van der Waals surface area contributed by atoms with Crippen molar-refractivity contribution in [3.63, 3.8) is 0 Å². The van der Waals surface area contributed by atoms with Gasteiger partial charge >= 0.3 is 6.18 Å². The van der Waals surface area contributed by atoms with Crippen LogP contribution in [-0.2, 0) is 25.8 Å². The third kappa shape index (κ3) is 3.03. The van der Waals surface area contributed by atoms with E-state index >= 15 is 0 Å². The number of halogens is 3. The van der Waals surface area contributed by atoms with Crippen LogP contribution in [0.1, 0.15) is 22.3 Å². The maximum absolute atomic E-state index is 12.7. The quantitative estimate of drug-likeness (QED) is 0.853. The summed E-state index contributed by atoms with van der Waals surface area (Å²) in [6.07, 6.45) is -4.29. The first-order chi connectivity index (χ1) is 9.91. The van der Waals surface area contributed by atoms with E-state index in [4.69, 9.17) is 5.73 Å². The number of anilines is 1. The van der Waals surface area contributed by atoms with Crippen LogP contribution in [0.25, 0.3) is 0 Å². The smallest absolute Gasteiger partial charge is 0.399 e. The molecule has 0 saturated carbocycles. The number of hydrogen-bond donors (Lipinski definition) is 1. The van der Waals surface area contributed by atoms with Gasteiger partial charge < -0.3 is 5.73 Å². The van der Waals surface area contributed by atoms with Crippen molar-refractivity contribution in [1.29, 1.82) is 0 Å². The van der Waals surface area contributed by atoms with E-state index in [-0.39, 0.29) is 0 Å². The Kier molecular flexibility index (Phi) is 3.37. The zero-order valence-electron chi connectivity index (χ0n) is 11.3. The zero-order chi connectivity index (χ0) is 15.0. The Morgan fingerprint density at radius 3 is 2.52 bits per heavy atom. The molecule has 0 unspecified atom stereocenters. The molecule has 2 aromatic rings. The molecule has 3 rings (SSSR count). The van der Waals surface area contributed by atoms with Crippen molar-refractivity contribution in [3.05, 3.63) is 64.7 Å². The molecular formula is C16H15F3N2. The van der Waals surface area contributed by atoms with Crippen LogP contribution in [0.15, 0.2) is 42.5 Å². The Balaban J connectivity index is 1.75. The number of alkyl halides is 3. The van der Waals surface area contributed by atoms with Gasteiger partial charge in [0.2, 0.25) is 0 Å². The Morgan fingerprint density at radius 2 is 1.76 bits per heavy atom. The normalized spacial score (nSPS) is 15.2. The molecule has 0 spiro atoms. The average Bonchev–Trinajstić information content (AvgIpc) is 2.79. The molecule has 2 N–H and O–H groups in total. The molecule has 1 heterocycles. The van der Waals surface area contributed by atoms with E-state index in [2.05, 4.69) is 4.90 Å². The third-order valence-electron chi connectivity index (χ3n) is 3.68. The van der Waals surface area contributed by atoms with Crippen LogP contribution in [0.5, 0.6) is 0 Å². The zero-order valence-corrected chi connectivity index (χ0v) is 11.3. The summed E-state index contributed by atoms with van der Waals surface area (Å²) in [6, 6.07) is 11.3. The minimum absolute atomic E-state index is 0.499. The van der Waals surface area contributed by atoms with Crippen LogP contribution >= 0.6 is 0 Å². The molecule has 0 aromatic heterocycles. The highest BCUT2D eigenvalue weighted by atomic mass is 19.4. The van der Waals surface area contributed by atoms with Crippen molar-refractivity contribution in [2.45, 2.75) is 25.8 Å². The van der Waals surface area contributed by atoms with Gasteiger partial charge in [-0.1, -0.05) is 24.3 Å². The lowest BCUT2D eigenvalue weighted by Gasteiger charge is -2.16. The highest BCUT2D eigenvalue weighted by Gasteiger charge is 2.30. The maximum Gasteiger partial charge on any atom is 0.416 e. The summed E-state index contributed by atoms with van der Waals surface area (Å²) in [6.45, 7) is 1.96. The summed E-state index contributed by atoms with van der Waals surface area (Å²) >= 11 is 0. The van der Waals surface area contributed by atoms with E-state index < -0.39 is 11.7 Å². The molecule has 1 aliphatic heterocycles. The fraction of sp³-hybridized carbons (Fsp3) is 0.250. The molecule has 2 nitrogen and oxygen atoms in total. The molecular weight excluding hydrogens is 277 g/mol. The van der Waals surface area contributed by atoms with Crippen molar-refractivity contribution in [3.8, 4) is 0 Å². The Hall–Kier alpha value is -2.01. The summed E-state index contributed by atoms with van der Waals surface area (Å²) in [4.78, 5) is 2.11. The summed E-state index contributed by atoms with van der Waals surface area (Å²) in [5.74, 6) is 0. The number of hydrogen-bond acceptors (Lipinski definition) is 2. The lowest BCUT2D eigenvalue weighted by atomic mass is 10.1. The molecule has 0 fully saturated rings. The van der Waals surface area contributed by atoms with Crippen LogP contribution < -0.4 is 5.73 Å². The van der Waals surface area contributed by atoms with Gasteiger partial charge in [0, 0.05) is 25.3 Å². The Morgan fingerprint density at radius 1 is 1.00 bits per heavy atom. The fourth-order valence-corrected chi connectivity index (χ4v) is 2.70. The third-order valence-corrected chi connectivity index (χ3v) is 3.68. The predicted octanol–water partition coefficient (Wildman–Crippen LogP) is 3.80. The van der Waals surface area contributed by atoms with E-state index in [1.54, 1.807) is 6.07 Å². The van der Waals surface area contributed by atoms with Gasteiger partial charge in [-0.25, -0.2) is 0 Å². The first kappa shape index (κ1) is 13.9. The molecule has 110 valence electrons. The monoisotopic (exact) mass is 292 g/mol. The molecule has 1 aliphatic rings. The topological polar surface area (TPSA) is 29.3 Å². The van der Waals surface area contributed by atoms with Crippen LogP contribution in [0, 0.1) is 0 Å². The number of fused-ring (bicyclic) bond motifs is 1. The van der Waals surface area contributed by atoms with Gasteiger partial charge in [-0.3, -0.25) is 4.90 Å². The SMILES string of the molecule is Nc1ccc2c(c1)CN(Cc1cccc(C(F)(F)F)c1)C2. The summed E-state index contributed by atoms with van der Waals surface area (Å²) in [5.41, 5.74) is 8.89. The van der Waals surface area contributed by atoms with Crippen molar-refractivity contribution in [2.75, 3.05) is 5.73 Å². The van der Waals surface area contributed by atoms with Gasteiger partial charge in [-0.15, -0.1) is 0 Å². The fourth-order valence-electron chi connectivity index (χ4n) is 2.70. The summed E-state index contributed by atoms with van der Waals surface area (Å²) < 4.78 is 38.1. The summed E-state index contributed by atoms with van der Waals surface area (Å²) in [5, 5.41) is 0. The Bertz CT molecular complexity index is 665. The van der Waals surface area contributed by atoms with Gasteiger partial charge in [0.25, 0.3) is 0 Å². The molecule has 0 aliphatic carbocycles. The van der Waals surface area contributed by atoms with E-state index in [1.807, 2.05) is 18.2 Å². The minimum atomic E-state index is -4.29. The number of nitrogen functional groups attached to an aromatic ring is 1. The second-order valence-electron chi connectivity index (χ2n) is 5.37. The first-order valence-electron chi connectivity index (χ1n) is 6.67. The number of nitrogens with two attached hydrogens (primary N) is 1. The standard InChI is InChI=1S/C16H15F3N2/c17-16(18,19)14-3-1-2-11(6-14)8-21-9-12-4-5-15(20)7-13(12)10-21/h1-7H,8-10,20H2. The van der Waals surface area contributed by atoms with Crippen molar-refractivity contribution in [2.24, 2.45) is 0 Å². The largest absolute Gasteiger partial charge is 0.416 e. The van der Waals surface area contributed by atoms with Crippen molar-refractivity contribution < 1.29 is 13.2 Å². The van der Waals surface area contributed by atoms with Gasteiger partial charge in [0.05, 0.1) is 5.56 Å². The summed E-state index contributed by atoms with van der Waals surface area (Å²) in [7, 11) is 0. The molecule has 0 bridgehead atoms. The Labute approximate surface area is 121 Å². The minimum Gasteiger partial charge on any atom is -0.399 e. The van der Waals surface area contributed by atoms with Crippen LogP contribution in [-0.4, -0.2) is 4.90 Å². The van der Waals surface area contributed by atoms with Crippen molar-refractivity contribution in [1.82, 2.24) is 4.90 Å². The second kappa shape index (κ2) is 5.07. The van der Waals surface area contributed by atoms with E-state index in [0.29, 0.717) is 12.1 Å². The molecule has 0 amide bonds. The molecule has 0 saturated heterocycles. The number of rotatable bonds is 2. The average molecular weight is 292 g/mol. The van der Waals surface area contributed by atoms with Crippen molar-refractivity contribution >= 4 is 5.69 Å². The van der Waals surface area contributed by atoms with E-state index in [1.165, 1.54) is 17.7 Å². The van der Waals surface area contributed by atoms with Crippen LogP contribution in [0.4, 0.5) is 18.9 Å². The molecule has 0 atom stereocenters. The molecule has 5 heteroatoms. The number of nitrogens with zero attached hydrogens (tertiary/aromatic N) is 1. The van der Waals surface area contributed by atoms with Crippen LogP contribution in [0.2, 0.25) is 0 Å². The second-order valence-corrected chi connectivity index (χ2v) is 5.37. The molecule has 0 radical (unpaired) electrons. The van der Waals surface area contributed by atoms with Gasteiger partial charge in [-0.2, -0.15) is 13.2 Å². The number of benzene rings is 2. The molecule has 21 heavy (non-hydrogen) atoms. The maximum atomic E-state index is 12.7. The van der Waals surface area contributed by atoms with Gasteiger partial charge in [0.1, 0.15) is 0 Å². The van der Waals surface area contributed by atoms with Gasteiger partial charge in [-0.05, 0) is 34.9 Å². The molecule has 2 aromatic carbocycles. The predicted molar refractivity (Wildman–Crippen MR) is 75.2 cm³/mol. The van der Waals surface area contributed by atoms with Crippen LogP contribution in [0.3, 0.4) is 0 Å². The first-order valence-corrected chi connectivity index (χ1v) is 6.67.